The number of benzene rings is 5. The third kappa shape index (κ3) is 19.3. The summed E-state index contributed by atoms with van der Waals surface area (Å²) >= 11 is 4.92. The van der Waals surface area contributed by atoms with E-state index in [9.17, 15) is 46.9 Å². The second-order valence-electron chi connectivity index (χ2n) is 17.5. The fourth-order valence-corrected chi connectivity index (χ4v) is 7.20. The van der Waals surface area contributed by atoms with Crippen LogP contribution in [0.3, 0.4) is 0 Å². The summed E-state index contributed by atoms with van der Waals surface area (Å²) in [6.07, 6.45) is 6.52. The molecule has 0 atom stereocenters. The van der Waals surface area contributed by atoms with Gasteiger partial charge in [0.05, 0.1) is 11.5 Å². The van der Waals surface area contributed by atoms with Crippen molar-refractivity contribution in [2.75, 3.05) is 75.0 Å². The zero-order valence-corrected chi connectivity index (χ0v) is 44.6. The van der Waals surface area contributed by atoms with Crippen molar-refractivity contribution < 1.29 is 75.1 Å². The molecule has 0 radical (unpaired) electrons. The number of halogens is 5. The molecule has 2 aliphatic rings. The van der Waals surface area contributed by atoms with Gasteiger partial charge >= 0.3 is 24.7 Å². The molecule has 4 amide bonds. The molecule has 0 bridgehead atoms. The van der Waals surface area contributed by atoms with Gasteiger partial charge in [-0.05, 0) is 96.8 Å². The van der Waals surface area contributed by atoms with Crippen molar-refractivity contribution in [1.82, 2.24) is 40.0 Å². The number of alkyl halides is 4. The van der Waals surface area contributed by atoms with Gasteiger partial charge in [0.2, 0.25) is 23.7 Å². The number of carbonyl (C=O) groups is 4. The van der Waals surface area contributed by atoms with Crippen LogP contribution in [0.2, 0.25) is 0 Å². The van der Waals surface area contributed by atoms with E-state index in [2.05, 4.69) is 55.4 Å². The number of nitrogens with zero attached hydrogens (tertiary/aromatic N) is 8. The zero-order valence-electron chi connectivity index (χ0n) is 55.8. The summed E-state index contributed by atoms with van der Waals surface area (Å²) in [7, 11) is 3.54. The quantitative estimate of drug-likeness (QED) is 0.0236. The Labute approximate surface area is 486 Å². The van der Waals surface area contributed by atoms with Gasteiger partial charge in [-0.15, -0.1) is 0 Å². The highest BCUT2D eigenvalue weighted by molar-refractivity contribution is 6.61. The van der Waals surface area contributed by atoms with Gasteiger partial charge in [-0.1, -0.05) is 36.4 Å². The highest BCUT2D eigenvalue weighted by atomic mass is 35.5. The molecule has 0 saturated carbocycles. The average molecular weight is 1170 g/mol. The number of non-ortho nitro benzene ring substituents is 1. The van der Waals surface area contributed by atoms with Crippen LogP contribution in [-0.2, 0) is 9.59 Å². The van der Waals surface area contributed by atoms with E-state index in [-0.39, 0.29) is 48.8 Å². The Bertz CT molecular complexity index is 3300. The third-order valence-electron chi connectivity index (χ3n) is 11.7. The monoisotopic (exact) mass is 1170 g/mol. The maximum Gasteiger partial charge on any atom is 0.409 e. The van der Waals surface area contributed by atoms with E-state index >= 15 is 0 Å². The van der Waals surface area contributed by atoms with E-state index in [1.165, 1.54) is 53.4 Å². The molecule has 2 aliphatic heterocycles. The second kappa shape index (κ2) is 29.3. The Hall–Kier alpha value is -9.69. The molecule has 81 heavy (non-hydrogen) atoms. The predicted octanol–water partition coefficient (Wildman–Crippen LogP) is 11.6. The van der Waals surface area contributed by atoms with Crippen LogP contribution in [0.4, 0.5) is 67.5 Å². The topological polar surface area (TPSA) is 275 Å². The number of hydrogen-bond donors (Lipinski definition) is 5. The molecule has 7 aromatic rings. The van der Waals surface area contributed by atoms with E-state index in [0.717, 1.165) is 46.6 Å². The van der Waals surface area contributed by atoms with Crippen LogP contribution in [0.1, 0.15) is 30.4 Å². The first-order valence-electron chi connectivity index (χ1n) is 30.3. The summed E-state index contributed by atoms with van der Waals surface area (Å²) in [4.78, 5) is 77.1. The first-order valence-corrected chi connectivity index (χ1v) is 24.7. The molecule has 22 nitrogen and oxygen atoms in total. The van der Waals surface area contributed by atoms with Crippen molar-refractivity contribution in [2.24, 2.45) is 0 Å². The lowest BCUT2D eigenvalue weighted by Crippen LogP contribution is -2.51. The standard InChI is InChI=1S/C24H24F2N6O3.C18H16F2N4O.C7H4ClNO4.C5H10N2O.7H2/c1-15-3-6-18(11-20(15)30-24(34)32-10-9-31(2)21(33)14-32)29-23-27-12-17(13-28-23)16-4-7-19(8-5-16)35-22(25)26;1-11-2-5-14(8-16(11)21)24-18-22-9-13(10-23-18)12-3-6-15(7-4-12)25-17(19)20;8-7(10)13-6-3-1-5(2-4-6)9(11)12;1-7-3-2-6-4-5(7)8;;;;;;;/h3-8,11-13,22H,9-10,14H2,1-2H3,(H,30,34)(H,27,28,29);2-10,17H,21H2,1H3,(H,22,23,24);1-4H;6H,2-4H2,1H3;7*1H/i;;;;6*1+1D;1+1. The number of amides is 4. The van der Waals surface area contributed by atoms with Crippen LogP contribution in [0.5, 0.6) is 17.2 Å². The number of ether oxygens (including phenoxy) is 3. The van der Waals surface area contributed by atoms with Crippen molar-refractivity contribution in [3.63, 3.8) is 0 Å². The number of piperazine rings is 2. The number of nitrogen functional groups attached to an aromatic ring is 1. The van der Waals surface area contributed by atoms with Gasteiger partial charge in [-0.3, -0.25) is 19.7 Å². The zero-order chi connectivity index (χ0) is 70.6. The lowest BCUT2D eigenvalue weighted by Gasteiger charge is -2.32. The largest absolute Gasteiger partial charge is 0.435 e. The summed E-state index contributed by atoms with van der Waals surface area (Å²) in [5.41, 5.74) is 12.5. The van der Waals surface area contributed by atoms with Crippen LogP contribution in [0.25, 0.3) is 22.3 Å². The highest BCUT2D eigenvalue weighted by Gasteiger charge is 2.25. The summed E-state index contributed by atoms with van der Waals surface area (Å²) in [6, 6.07) is 28.2. The Morgan fingerprint density at radius 3 is 1.60 bits per heavy atom. The molecule has 0 aliphatic carbocycles. The fourth-order valence-electron chi connectivity index (χ4n) is 7.11. The molecular weight excluding hydrogens is 1090 g/mol. The van der Waals surface area contributed by atoms with Crippen LogP contribution in [0.15, 0.2) is 134 Å². The van der Waals surface area contributed by atoms with Crippen LogP contribution >= 0.6 is 11.6 Å². The number of nitro benzene ring substituents is 1. The average Bonchev–Trinajstić information content (AvgIpc) is 0.876. The van der Waals surface area contributed by atoms with Crippen LogP contribution in [-0.4, -0.2) is 129 Å². The third-order valence-corrected chi connectivity index (χ3v) is 11.8. The lowest BCUT2D eigenvalue weighted by atomic mass is 10.1. The van der Waals surface area contributed by atoms with Crippen molar-refractivity contribution in [1.29, 1.82) is 0 Å². The highest BCUT2D eigenvalue weighted by Crippen LogP contribution is 2.27. The molecule has 438 valence electrons. The van der Waals surface area contributed by atoms with E-state index in [1.54, 1.807) is 72.0 Å². The van der Waals surface area contributed by atoms with Crippen molar-refractivity contribution in [2.45, 2.75) is 27.1 Å². The number of nitro groups is 1. The van der Waals surface area contributed by atoms with Gasteiger partial charge < -0.3 is 55.9 Å². The molecule has 9 rings (SSSR count). The van der Waals surface area contributed by atoms with Gasteiger partial charge in [0, 0.05) is 142 Å². The van der Waals surface area contributed by atoms with Gasteiger partial charge in [0.1, 0.15) is 23.8 Å². The molecule has 2 fully saturated rings. The number of anilines is 6. The van der Waals surface area contributed by atoms with Crippen LogP contribution < -0.4 is 41.2 Å². The van der Waals surface area contributed by atoms with E-state index < -0.39 is 23.6 Å². The maximum absolute atomic E-state index is 12.6. The number of urea groups is 1. The summed E-state index contributed by atoms with van der Waals surface area (Å²) in [5, 5.41) is 22.2. The smallest absolute Gasteiger partial charge is 0.409 e. The summed E-state index contributed by atoms with van der Waals surface area (Å²) < 4.78 is 122. The SMILES string of the molecule is CN1CCNCC1=O.Cc1ccc(Nc2ncc(-c3ccc(OC(F)F)cc3)cn2)cc1N.Cc1ccc(Nc2ncc(-c3ccc(OC(F)F)cc3)cn2)cc1NC(=O)N1CCN(C)C(=O)C1.O=C(Cl)Oc1ccc([N+](=O)[O-])cc1.[2HH].[2H][2H].[2H][2H].[2H][2H].[2H][2H].[2H][2H].[2H][2H]. The number of nitrogens with two attached hydrogens (primary N) is 1. The number of rotatable bonds is 13. The first kappa shape index (κ1) is 52.0. The Morgan fingerprint density at radius 2 is 1.17 bits per heavy atom. The normalized spacial score (nSPS) is 13.4. The van der Waals surface area contributed by atoms with E-state index in [0.29, 0.717) is 54.2 Å². The number of aryl methyl sites for hydroxylation is 2. The number of carbonyl (C=O) groups excluding carboxylic acids is 4. The number of likely N-dealkylation sites (N-methyl/N-ethyl adjacent to an activating group) is 2. The molecule has 4 heterocycles. The van der Waals surface area contributed by atoms with Gasteiger partial charge in [0.25, 0.3) is 5.69 Å². The van der Waals surface area contributed by atoms with Crippen molar-refractivity contribution in [3.05, 3.63) is 155 Å². The minimum Gasteiger partial charge on any atom is -0.435 e. The molecule has 0 spiro atoms. The molecule has 6 N–H and O–H groups in total. The molecule has 27 heteroatoms. The lowest BCUT2D eigenvalue weighted by molar-refractivity contribution is -0.384. The predicted molar refractivity (Wildman–Crippen MR) is 310 cm³/mol. The van der Waals surface area contributed by atoms with Gasteiger partial charge in [-0.25, -0.2) is 29.5 Å². The number of hydrogen-bond acceptors (Lipinski definition) is 17. The Balaban J connectivity index is 0. The molecule has 5 aromatic carbocycles. The Kier molecular flexibility index (Phi) is 18.8. The Morgan fingerprint density at radius 1 is 0.691 bits per heavy atom. The maximum atomic E-state index is 12.6. The first-order chi connectivity index (χ1) is 44.7. The molecule has 2 aromatic heterocycles. The fraction of sp³-hybridized carbons (Fsp3) is 0.222. The summed E-state index contributed by atoms with van der Waals surface area (Å²) in [5.74, 6) is 1.22. The van der Waals surface area contributed by atoms with Crippen molar-refractivity contribution in [3.8, 4) is 39.5 Å². The number of aromatic nitrogens is 4. The van der Waals surface area contributed by atoms with Crippen molar-refractivity contribution >= 4 is 75.2 Å². The van der Waals surface area contributed by atoms with E-state index in [4.69, 9.17) is 35.2 Å². The van der Waals surface area contributed by atoms with E-state index in [1.807, 2.05) is 51.2 Å². The number of nitrogens with one attached hydrogen (secondary N) is 4. The second-order valence-corrected chi connectivity index (χ2v) is 17.8. The minimum atomic E-state index is -2.87. The summed E-state index contributed by atoms with van der Waals surface area (Å²) in [6.45, 7) is 1.39. The van der Waals surface area contributed by atoms with Crippen LogP contribution in [0, 0.1) is 24.0 Å². The molecular formula is C54H68ClF4N13O9. The van der Waals surface area contributed by atoms with Gasteiger partial charge in [0.15, 0.2) is 0 Å². The van der Waals surface area contributed by atoms with Gasteiger partial charge in [-0.2, -0.15) is 17.6 Å². The molecule has 2 saturated heterocycles. The molecule has 0 unspecified atom stereocenters. The minimum absolute atomic E-state index is 0.